The van der Waals surface area contributed by atoms with Crippen LogP contribution in [0.4, 0.5) is 11.4 Å². The number of nitrogens with one attached hydrogen (secondary N) is 1. The first-order chi connectivity index (χ1) is 15.7. The van der Waals surface area contributed by atoms with Gasteiger partial charge in [0.15, 0.2) is 5.11 Å². The first-order valence-electron chi connectivity index (χ1n) is 10.1. The highest BCUT2D eigenvalue weighted by Crippen LogP contribution is 2.27. The molecule has 2 aromatic carbocycles. The maximum atomic E-state index is 13.3. The molecule has 2 amide bonds. The van der Waals surface area contributed by atoms with Crippen molar-refractivity contribution in [1.29, 1.82) is 0 Å². The summed E-state index contributed by atoms with van der Waals surface area (Å²) in [6, 6.07) is 15.4. The SMILES string of the molecule is Cc1cccc(N2C(=O)C(=Cc3cc(C)n(-c4cccc([N+](=O)[O-])c4)c3C)C(=O)NC2=S)c1. The number of non-ortho nitro benzene ring substituents is 1. The van der Waals surface area contributed by atoms with Gasteiger partial charge in [-0.3, -0.25) is 29.9 Å². The molecule has 33 heavy (non-hydrogen) atoms. The summed E-state index contributed by atoms with van der Waals surface area (Å²) in [5.41, 5.74) is 4.24. The first-order valence-corrected chi connectivity index (χ1v) is 10.5. The van der Waals surface area contributed by atoms with Crippen LogP contribution in [-0.2, 0) is 9.59 Å². The minimum absolute atomic E-state index is 0.0230. The Morgan fingerprint density at radius 1 is 1.00 bits per heavy atom. The average Bonchev–Trinajstić information content (AvgIpc) is 3.04. The lowest BCUT2D eigenvalue weighted by Gasteiger charge is -2.29. The molecule has 0 unspecified atom stereocenters. The number of aromatic nitrogens is 1. The third-order valence-corrected chi connectivity index (χ3v) is 5.72. The van der Waals surface area contributed by atoms with Gasteiger partial charge in [0, 0.05) is 23.5 Å². The lowest BCUT2D eigenvalue weighted by atomic mass is 10.1. The summed E-state index contributed by atoms with van der Waals surface area (Å²) in [5.74, 6) is -1.09. The molecule has 1 saturated heterocycles. The third-order valence-electron chi connectivity index (χ3n) is 5.43. The normalized spacial score (nSPS) is 15.2. The van der Waals surface area contributed by atoms with E-state index < -0.39 is 16.7 Å². The number of nitro benzene ring substituents is 1. The summed E-state index contributed by atoms with van der Waals surface area (Å²) >= 11 is 5.26. The van der Waals surface area contributed by atoms with Gasteiger partial charge in [-0.05, 0) is 74.5 Å². The van der Waals surface area contributed by atoms with Crippen LogP contribution < -0.4 is 10.2 Å². The van der Waals surface area contributed by atoms with Crippen molar-refractivity contribution in [3.05, 3.63) is 92.8 Å². The Morgan fingerprint density at radius 2 is 1.70 bits per heavy atom. The van der Waals surface area contributed by atoms with Crippen LogP contribution in [0, 0.1) is 30.9 Å². The van der Waals surface area contributed by atoms with E-state index in [-0.39, 0.29) is 16.4 Å². The number of rotatable bonds is 4. The van der Waals surface area contributed by atoms with Crippen LogP contribution in [0.25, 0.3) is 11.8 Å². The molecule has 0 radical (unpaired) electrons. The summed E-state index contributed by atoms with van der Waals surface area (Å²) in [6.07, 6.45) is 1.53. The molecular formula is C24H20N4O4S. The number of thiocarbonyl (C=S) groups is 1. The van der Waals surface area contributed by atoms with Crippen molar-refractivity contribution in [2.24, 2.45) is 0 Å². The standard InChI is InChI=1S/C24H20N4O4S/c1-14-6-4-7-18(10-14)27-23(30)21(22(29)25-24(27)33)12-17-11-15(2)26(16(17)3)19-8-5-9-20(13-19)28(31)32/h4-13H,1-3H3,(H,25,29,33). The molecule has 2 heterocycles. The van der Waals surface area contributed by atoms with Crippen molar-refractivity contribution in [3.8, 4) is 5.69 Å². The monoisotopic (exact) mass is 460 g/mol. The molecular weight excluding hydrogens is 440 g/mol. The van der Waals surface area contributed by atoms with E-state index in [1.54, 1.807) is 18.2 Å². The van der Waals surface area contributed by atoms with Crippen LogP contribution in [0.5, 0.6) is 0 Å². The van der Waals surface area contributed by atoms with Crippen LogP contribution in [-0.4, -0.2) is 26.4 Å². The fourth-order valence-corrected chi connectivity index (χ4v) is 4.17. The van der Waals surface area contributed by atoms with Gasteiger partial charge in [0.25, 0.3) is 17.5 Å². The number of amides is 2. The predicted molar refractivity (Wildman–Crippen MR) is 129 cm³/mol. The molecule has 1 aliphatic rings. The van der Waals surface area contributed by atoms with E-state index in [0.717, 1.165) is 17.0 Å². The predicted octanol–water partition coefficient (Wildman–Crippen LogP) is 4.14. The topological polar surface area (TPSA) is 97.5 Å². The van der Waals surface area contributed by atoms with Gasteiger partial charge >= 0.3 is 0 Å². The van der Waals surface area contributed by atoms with E-state index in [4.69, 9.17) is 12.2 Å². The highest BCUT2D eigenvalue weighted by Gasteiger charge is 2.34. The van der Waals surface area contributed by atoms with Gasteiger partial charge in [0.1, 0.15) is 5.57 Å². The van der Waals surface area contributed by atoms with Crippen LogP contribution in [0.2, 0.25) is 0 Å². The Labute approximate surface area is 195 Å². The smallest absolute Gasteiger partial charge is 0.271 e. The molecule has 0 spiro atoms. The van der Waals surface area contributed by atoms with Crippen molar-refractivity contribution in [2.45, 2.75) is 20.8 Å². The van der Waals surface area contributed by atoms with Crippen LogP contribution in [0.3, 0.4) is 0 Å². The molecule has 4 rings (SSSR count). The highest BCUT2D eigenvalue weighted by atomic mass is 32.1. The van der Waals surface area contributed by atoms with Gasteiger partial charge in [0.2, 0.25) is 0 Å². The zero-order chi connectivity index (χ0) is 23.9. The molecule has 1 N–H and O–H groups in total. The summed E-state index contributed by atoms with van der Waals surface area (Å²) in [4.78, 5) is 38.0. The fourth-order valence-electron chi connectivity index (χ4n) is 3.89. The second kappa shape index (κ2) is 8.44. The molecule has 1 aromatic heterocycles. The van der Waals surface area contributed by atoms with E-state index in [9.17, 15) is 19.7 Å². The Kier molecular flexibility index (Phi) is 5.65. The van der Waals surface area contributed by atoms with Crippen molar-refractivity contribution >= 4 is 46.6 Å². The summed E-state index contributed by atoms with van der Waals surface area (Å²) in [7, 11) is 0. The number of nitro groups is 1. The first kappa shape index (κ1) is 22.1. The van der Waals surface area contributed by atoms with Crippen molar-refractivity contribution in [2.75, 3.05) is 4.90 Å². The van der Waals surface area contributed by atoms with Crippen LogP contribution in [0.1, 0.15) is 22.5 Å². The van der Waals surface area contributed by atoms with Gasteiger partial charge in [-0.25, -0.2) is 0 Å². The molecule has 3 aromatic rings. The second-order valence-corrected chi connectivity index (χ2v) is 8.12. The summed E-state index contributed by atoms with van der Waals surface area (Å²) in [5, 5.41) is 13.8. The number of hydrogen-bond acceptors (Lipinski definition) is 5. The maximum absolute atomic E-state index is 13.3. The molecule has 8 nitrogen and oxygen atoms in total. The van der Waals surface area contributed by atoms with Gasteiger partial charge in [-0.2, -0.15) is 0 Å². The second-order valence-electron chi connectivity index (χ2n) is 7.74. The molecule has 9 heteroatoms. The van der Waals surface area contributed by atoms with Gasteiger partial charge in [0.05, 0.1) is 16.3 Å². The molecule has 0 atom stereocenters. The van der Waals surface area contributed by atoms with Crippen molar-refractivity contribution in [3.63, 3.8) is 0 Å². The Bertz CT molecular complexity index is 1370. The summed E-state index contributed by atoms with van der Waals surface area (Å²) < 4.78 is 1.84. The van der Waals surface area contributed by atoms with Crippen molar-refractivity contribution in [1.82, 2.24) is 9.88 Å². The summed E-state index contributed by atoms with van der Waals surface area (Å²) in [6.45, 7) is 5.58. The largest absolute Gasteiger partial charge is 0.318 e. The number of anilines is 1. The number of nitrogens with zero attached hydrogens (tertiary/aromatic N) is 3. The fraction of sp³-hybridized carbons (Fsp3) is 0.125. The number of carbonyl (C=O) groups excluding carboxylic acids is 2. The van der Waals surface area contributed by atoms with Gasteiger partial charge in [-0.15, -0.1) is 0 Å². The van der Waals surface area contributed by atoms with Crippen LogP contribution >= 0.6 is 12.2 Å². The average molecular weight is 461 g/mol. The van der Waals surface area contributed by atoms with E-state index >= 15 is 0 Å². The number of hydrogen-bond donors (Lipinski definition) is 1. The lowest BCUT2D eigenvalue weighted by molar-refractivity contribution is -0.384. The zero-order valence-electron chi connectivity index (χ0n) is 18.2. The van der Waals surface area contributed by atoms with Gasteiger partial charge in [-0.1, -0.05) is 18.2 Å². The molecule has 1 aliphatic heterocycles. The lowest BCUT2D eigenvalue weighted by Crippen LogP contribution is -2.54. The van der Waals surface area contributed by atoms with Gasteiger partial charge < -0.3 is 4.57 Å². The molecule has 0 aliphatic carbocycles. The number of carbonyl (C=O) groups is 2. The molecule has 166 valence electrons. The van der Waals surface area contributed by atoms with E-state index in [1.165, 1.54) is 23.1 Å². The number of benzene rings is 2. The van der Waals surface area contributed by atoms with E-state index in [2.05, 4.69) is 5.32 Å². The minimum Gasteiger partial charge on any atom is -0.318 e. The quantitative estimate of drug-likeness (QED) is 0.207. The molecule has 1 fully saturated rings. The van der Waals surface area contributed by atoms with Crippen molar-refractivity contribution < 1.29 is 14.5 Å². The highest BCUT2D eigenvalue weighted by molar-refractivity contribution is 7.80. The van der Waals surface area contributed by atoms with E-state index in [1.807, 2.05) is 49.6 Å². The number of aryl methyl sites for hydroxylation is 2. The molecule has 0 bridgehead atoms. The van der Waals surface area contributed by atoms with Crippen LogP contribution in [0.15, 0.2) is 60.2 Å². The van der Waals surface area contributed by atoms with E-state index in [0.29, 0.717) is 16.9 Å². The zero-order valence-corrected chi connectivity index (χ0v) is 19.0. The maximum Gasteiger partial charge on any atom is 0.271 e. The Morgan fingerprint density at radius 3 is 2.39 bits per heavy atom. The Balaban J connectivity index is 1.77. The Hall–Kier alpha value is -4.11. The molecule has 0 saturated carbocycles. The third kappa shape index (κ3) is 4.06. The minimum atomic E-state index is -0.575.